The molecule has 1 atom stereocenters. The van der Waals surface area contributed by atoms with Crippen LogP contribution < -0.4 is 11.5 Å². The van der Waals surface area contributed by atoms with E-state index in [1.165, 1.54) is 5.56 Å². The number of nitrogens with zero attached hydrogens (tertiary/aromatic N) is 1. The molecule has 0 fully saturated rings. The van der Waals surface area contributed by atoms with Gasteiger partial charge in [0.05, 0.1) is 6.54 Å². The lowest BCUT2D eigenvalue weighted by atomic mass is 10.0. The average molecular weight is 263 g/mol. The molecule has 4 nitrogen and oxygen atoms in total. The van der Waals surface area contributed by atoms with Crippen molar-refractivity contribution in [3.05, 3.63) is 35.4 Å². The van der Waals surface area contributed by atoms with Crippen LogP contribution in [0.25, 0.3) is 0 Å². The van der Waals surface area contributed by atoms with Gasteiger partial charge in [-0.25, -0.2) is 0 Å². The van der Waals surface area contributed by atoms with Crippen LogP contribution in [0.1, 0.15) is 31.0 Å². The summed E-state index contributed by atoms with van der Waals surface area (Å²) in [4.78, 5) is 13.3. The van der Waals surface area contributed by atoms with Gasteiger partial charge < -0.3 is 11.5 Å². The standard InChI is InChI=1S/C15H25N3O/c1-11(2)9-18(10-15(17)19)14(8-16)13-6-4-12(3)5-7-13/h4-7,11,14H,8-10,16H2,1-3H3,(H2,17,19). The van der Waals surface area contributed by atoms with Crippen molar-refractivity contribution in [1.82, 2.24) is 4.90 Å². The summed E-state index contributed by atoms with van der Waals surface area (Å²) in [5, 5.41) is 0. The van der Waals surface area contributed by atoms with E-state index in [1.807, 2.05) is 0 Å². The molecule has 0 aliphatic carbocycles. The lowest BCUT2D eigenvalue weighted by Gasteiger charge is -2.31. The van der Waals surface area contributed by atoms with Gasteiger partial charge in [-0.2, -0.15) is 0 Å². The fraction of sp³-hybridized carbons (Fsp3) is 0.533. The van der Waals surface area contributed by atoms with Gasteiger partial charge >= 0.3 is 0 Å². The zero-order chi connectivity index (χ0) is 14.4. The first-order valence-corrected chi connectivity index (χ1v) is 6.73. The van der Waals surface area contributed by atoms with Crippen molar-refractivity contribution >= 4 is 5.91 Å². The Morgan fingerprint density at radius 1 is 1.26 bits per heavy atom. The smallest absolute Gasteiger partial charge is 0.231 e. The van der Waals surface area contributed by atoms with E-state index in [-0.39, 0.29) is 18.5 Å². The summed E-state index contributed by atoms with van der Waals surface area (Å²) in [7, 11) is 0. The number of hydrogen-bond donors (Lipinski definition) is 2. The predicted molar refractivity (Wildman–Crippen MR) is 78.6 cm³/mol. The Morgan fingerprint density at radius 2 is 1.84 bits per heavy atom. The normalized spacial score (nSPS) is 12.9. The van der Waals surface area contributed by atoms with Gasteiger partial charge in [0.25, 0.3) is 0 Å². The molecule has 0 saturated heterocycles. The van der Waals surface area contributed by atoms with Gasteiger partial charge in [-0.3, -0.25) is 9.69 Å². The maximum absolute atomic E-state index is 11.2. The van der Waals surface area contributed by atoms with E-state index >= 15 is 0 Å². The minimum absolute atomic E-state index is 0.0375. The molecule has 0 aliphatic rings. The minimum atomic E-state index is -0.314. The van der Waals surface area contributed by atoms with Crippen LogP contribution in [-0.2, 0) is 4.79 Å². The summed E-state index contributed by atoms with van der Waals surface area (Å²) < 4.78 is 0. The lowest BCUT2D eigenvalue weighted by Crippen LogP contribution is -2.41. The molecule has 0 spiro atoms. The van der Waals surface area contributed by atoms with E-state index in [9.17, 15) is 4.79 Å². The second kappa shape index (κ2) is 7.26. The SMILES string of the molecule is Cc1ccc(C(CN)N(CC(N)=O)CC(C)C)cc1. The van der Waals surface area contributed by atoms with Crippen LogP contribution in [0.15, 0.2) is 24.3 Å². The predicted octanol–water partition coefficient (Wildman–Crippen LogP) is 1.44. The number of amides is 1. The zero-order valence-electron chi connectivity index (χ0n) is 12.1. The molecule has 0 aromatic heterocycles. The number of carbonyl (C=O) groups is 1. The molecule has 0 radical (unpaired) electrons. The minimum Gasteiger partial charge on any atom is -0.369 e. The van der Waals surface area contributed by atoms with Gasteiger partial charge in [0.1, 0.15) is 0 Å². The number of benzene rings is 1. The second-order valence-corrected chi connectivity index (χ2v) is 5.45. The number of primary amides is 1. The quantitative estimate of drug-likeness (QED) is 0.782. The molecule has 1 aromatic rings. The third-order valence-electron chi connectivity index (χ3n) is 3.08. The Bertz CT molecular complexity index is 400. The van der Waals surface area contributed by atoms with Gasteiger partial charge in [0.2, 0.25) is 5.91 Å². The van der Waals surface area contributed by atoms with Crippen LogP contribution >= 0.6 is 0 Å². The van der Waals surface area contributed by atoms with E-state index in [0.29, 0.717) is 12.5 Å². The number of aryl methyl sites for hydroxylation is 1. The topological polar surface area (TPSA) is 72.3 Å². The van der Waals surface area contributed by atoms with Crippen LogP contribution in [-0.4, -0.2) is 30.4 Å². The molecule has 0 aliphatic heterocycles. The monoisotopic (exact) mass is 263 g/mol. The van der Waals surface area contributed by atoms with Crippen molar-refractivity contribution in [2.45, 2.75) is 26.8 Å². The fourth-order valence-corrected chi connectivity index (χ4v) is 2.26. The van der Waals surface area contributed by atoms with Gasteiger partial charge in [0, 0.05) is 19.1 Å². The lowest BCUT2D eigenvalue weighted by molar-refractivity contribution is -0.119. The van der Waals surface area contributed by atoms with Crippen LogP contribution in [0, 0.1) is 12.8 Å². The van der Waals surface area contributed by atoms with Crippen molar-refractivity contribution in [2.24, 2.45) is 17.4 Å². The van der Waals surface area contributed by atoms with E-state index in [1.54, 1.807) is 0 Å². The molecule has 1 rings (SSSR count). The summed E-state index contributed by atoms with van der Waals surface area (Å²) in [6, 6.07) is 8.31. The molecular weight excluding hydrogens is 238 g/mol. The van der Waals surface area contributed by atoms with Gasteiger partial charge in [-0.1, -0.05) is 43.7 Å². The zero-order valence-corrected chi connectivity index (χ0v) is 12.1. The van der Waals surface area contributed by atoms with Crippen molar-refractivity contribution < 1.29 is 4.79 Å². The fourth-order valence-electron chi connectivity index (χ4n) is 2.26. The van der Waals surface area contributed by atoms with Gasteiger partial charge in [-0.05, 0) is 18.4 Å². The summed E-state index contributed by atoms with van der Waals surface area (Å²) >= 11 is 0. The molecule has 0 heterocycles. The second-order valence-electron chi connectivity index (χ2n) is 5.45. The largest absolute Gasteiger partial charge is 0.369 e. The summed E-state index contributed by atoms with van der Waals surface area (Å²) in [6.45, 7) is 7.82. The molecule has 4 heteroatoms. The van der Waals surface area contributed by atoms with Crippen LogP contribution in [0.4, 0.5) is 0 Å². The molecule has 1 aromatic carbocycles. The highest BCUT2D eigenvalue weighted by Crippen LogP contribution is 2.21. The first-order chi connectivity index (χ1) is 8.93. The van der Waals surface area contributed by atoms with Crippen LogP contribution in [0.5, 0.6) is 0 Å². The Morgan fingerprint density at radius 3 is 2.26 bits per heavy atom. The first kappa shape index (κ1) is 15.7. The number of nitrogens with two attached hydrogens (primary N) is 2. The summed E-state index contributed by atoms with van der Waals surface area (Å²) in [5.74, 6) is 0.144. The number of rotatable bonds is 7. The van der Waals surface area contributed by atoms with Crippen molar-refractivity contribution in [1.29, 1.82) is 0 Å². The van der Waals surface area contributed by atoms with Crippen molar-refractivity contribution in [3.63, 3.8) is 0 Å². The molecule has 106 valence electrons. The molecule has 0 saturated carbocycles. The third kappa shape index (κ3) is 5.01. The molecule has 4 N–H and O–H groups in total. The highest BCUT2D eigenvalue weighted by atomic mass is 16.1. The Balaban J connectivity index is 2.94. The van der Waals surface area contributed by atoms with E-state index in [2.05, 4.69) is 49.9 Å². The molecular formula is C15H25N3O. The highest BCUT2D eigenvalue weighted by molar-refractivity contribution is 5.76. The van der Waals surface area contributed by atoms with Crippen molar-refractivity contribution in [3.8, 4) is 0 Å². The first-order valence-electron chi connectivity index (χ1n) is 6.73. The number of carbonyl (C=O) groups excluding carboxylic acids is 1. The maximum Gasteiger partial charge on any atom is 0.231 e. The third-order valence-corrected chi connectivity index (χ3v) is 3.08. The summed E-state index contributed by atoms with van der Waals surface area (Å²) in [5.41, 5.74) is 13.6. The van der Waals surface area contributed by atoms with Crippen LogP contribution in [0.3, 0.4) is 0 Å². The van der Waals surface area contributed by atoms with E-state index in [4.69, 9.17) is 11.5 Å². The molecule has 0 bridgehead atoms. The Kier molecular flexibility index (Phi) is 5.99. The van der Waals surface area contributed by atoms with Gasteiger partial charge in [-0.15, -0.1) is 0 Å². The van der Waals surface area contributed by atoms with E-state index < -0.39 is 0 Å². The molecule has 19 heavy (non-hydrogen) atoms. The molecule has 1 amide bonds. The van der Waals surface area contributed by atoms with Crippen LogP contribution in [0.2, 0.25) is 0 Å². The Labute approximate surface area is 115 Å². The molecule has 1 unspecified atom stereocenters. The van der Waals surface area contributed by atoms with E-state index in [0.717, 1.165) is 12.1 Å². The summed E-state index contributed by atoms with van der Waals surface area (Å²) in [6.07, 6.45) is 0. The Hall–Kier alpha value is -1.39. The van der Waals surface area contributed by atoms with Gasteiger partial charge in [0.15, 0.2) is 0 Å². The maximum atomic E-state index is 11.2. The number of hydrogen-bond acceptors (Lipinski definition) is 3. The highest BCUT2D eigenvalue weighted by Gasteiger charge is 2.21. The average Bonchev–Trinajstić information content (AvgIpc) is 2.30. The van der Waals surface area contributed by atoms with Crippen molar-refractivity contribution in [2.75, 3.05) is 19.6 Å².